The van der Waals surface area contributed by atoms with Crippen LogP contribution < -0.4 is 0 Å². The quantitative estimate of drug-likeness (QED) is 0.186. The molecule has 0 aromatic heterocycles. The number of esters is 2. The molecule has 0 unspecified atom stereocenters. The van der Waals surface area contributed by atoms with Gasteiger partial charge in [-0.05, 0) is 26.3 Å². The van der Waals surface area contributed by atoms with Gasteiger partial charge in [0.2, 0.25) is 5.41 Å². The van der Waals surface area contributed by atoms with Gasteiger partial charge in [0.15, 0.2) is 29.1 Å². The van der Waals surface area contributed by atoms with Crippen LogP contribution in [0.4, 0.5) is 17.6 Å². The number of benzene rings is 1. The van der Waals surface area contributed by atoms with Gasteiger partial charge in [-0.15, -0.1) is 0 Å². The molecule has 0 spiro atoms. The van der Waals surface area contributed by atoms with Crippen LogP contribution in [0.1, 0.15) is 37.6 Å². The van der Waals surface area contributed by atoms with Gasteiger partial charge in [-0.1, -0.05) is 6.92 Å². The summed E-state index contributed by atoms with van der Waals surface area (Å²) >= 11 is 0. The first-order valence-electron chi connectivity index (χ1n) is 7.41. The zero-order valence-corrected chi connectivity index (χ0v) is 13.8. The van der Waals surface area contributed by atoms with Crippen LogP contribution in [-0.2, 0) is 19.1 Å². The van der Waals surface area contributed by atoms with E-state index in [1.807, 2.05) is 0 Å². The van der Waals surface area contributed by atoms with E-state index >= 15 is 0 Å². The molecule has 1 rings (SSSR count). The lowest BCUT2D eigenvalue weighted by atomic mass is 9.77. The summed E-state index contributed by atoms with van der Waals surface area (Å²) in [5, 5.41) is 0. The Hall–Kier alpha value is -2.45. The van der Waals surface area contributed by atoms with Crippen molar-refractivity contribution in [2.24, 2.45) is 5.41 Å². The van der Waals surface area contributed by atoms with Crippen molar-refractivity contribution in [1.29, 1.82) is 0 Å². The van der Waals surface area contributed by atoms with Crippen molar-refractivity contribution in [3.63, 3.8) is 0 Å². The van der Waals surface area contributed by atoms with E-state index in [4.69, 9.17) is 0 Å². The first-order valence-corrected chi connectivity index (χ1v) is 7.41. The molecule has 0 amide bonds. The Kier molecular flexibility index (Phi) is 6.66. The van der Waals surface area contributed by atoms with Gasteiger partial charge in [-0.2, -0.15) is 0 Å². The number of hydrogen-bond donors (Lipinski definition) is 0. The maximum atomic E-state index is 14.0. The van der Waals surface area contributed by atoms with Crippen LogP contribution in [0.15, 0.2) is 6.07 Å². The molecule has 0 saturated heterocycles. The second-order valence-corrected chi connectivity index (χ2v) is 4.88. The highest BCUT2D eigenvalue weighted by atomic mass is 19.2. The van der Waals surface area contributed by atoms with E-state index in [1.165, 1.54) is 20.8 Å². The summed E-state index contributed by atoms with van der Waals surface area (Å²) in [5.74, 6) is -12.5. The van der Waals surface area contributed by atoms with Gasteiger partial charge in [0, 0.05) is 0 Å². The van der Waals surface area contributed by atoms with E-state index in [1.54, 1.807) is 0 Å². The number of carbonyl (C=O) groups excluding carboxylic acids is 3. The van der Waals surface area contributed by atoms with Crippen molar-refractivity contribution in [3.05, 3.63) is 34.9 Å². The number of ketones is 1. The lowest BCUT2D eigenvalue weighted by Gasteiger charge is -2.26. The fraction of sp³-hybridized carbons (Fsp3) is 0.438. The lowest BCUT2D eigenvalue weighted by Crippen LogP contribution is -2.48. The Balaban J connectivity index is 3.63. The van der Waals surface area contributed by atoms with Gasteiger partial charge < -0.3 is 9.47 Å². The molecule has 0 bridgehead atoms. The summed E-state index contributed by atoms with van der Waals surface area (Å²) in [6.07, 6.45) is -0.524. The first-order chi connectivity index (χ1) is 11.7. The zero-order chi connectivity index (χ0) is 19.4. The normalized spacial score (nSPS) is 11.2. The summed E-state index contributed by atoms with van der Waals surface area (Å²) in [6, 6.07) is 0.0823. The van der Waals surface area contributed by atoms with Gasteiger partial charge in [0.25, 0.3) is 0 Å². The minimum absolute atomic E-state index is 0.0823. The van der Waals surface area contributed by atoms with Gasteiger partial charge in [0.05, 0.1) is 18.8 Å². The summed E-state index contributed by atoms with van der Waals surface area (Å²) in [6.45, 7) is 3.58. The molecule has 0 radical (unpaired) electrons. The molecule has 0 N–H and O–H groups in total. The molecule has 25 heavy (non-hydrogen) atoms. The number of Topliss-reactive ketones (excluding diaryl/α,β-unsaturated/α-hetero) is 1. The molecule has 1 aromatic carbocycles. The highest BCUT2D eigenvalue weighted by molar-refractivity contribution is 6.25. The molecule has 0 saturated carbocycles. The predicted molar refractivity (Wildman–Crippen MR) is 76.6 cm³/mol. The molecule has 0 aliphatic rings. The van der Waals surface area contributed by atoms with E-state index < -0.39 is 58.4 Å². The highest BCUT2D eigenvalue weighted by Crippen LogP contribution is 2.33. The summed E-state index contributed by atoms with van der Waals surface area (Å²) in [5.41, 5.74) is -3.96. The lowest BCUT2D eigenvalue weighted by molar-refractivity contribution is -0.167. The first kappa shape index (κ1) is 20.6. The Morgan fingerprint density at radius 2 is 1.36 bits per heavy atom. The van der Waals surface area contributed by atoms with Crippen LogP contribution >= 0.6 is 0 Å². The van der Waals surface area contributed by atoms with Gasteiger partial charge in [-0.25, -0.2) is 17.6 Å². The summed E-state index contributed by atoms with van der Waals surface area (Å²) < 4.78 is 63.2. The highest BCUT2D eigenvalue weighted by Gasteiger charge is 2.55. The van der Waals surface area contributed by atoms with Crippen molar-refractivity contribution in [2.45, 2.75) is 27.2 Å². The number of rotatable bonds is 7. The van der Waals surface area contributed by atoms with E-state index in [-0.39, 0.29) is 19.3 Å². The maximum Gasteiger partial charge on any atom is 0.331 e. The van der Waals surface area contributed by atoms with Crippen LogP contribution in [0.5, 0.6) is 0 Å². The smallest absolute Gasteiger partial charge is 0.331 e. The Bertz CT molecular complexity index is 684. The van der Waals surface area contributed by atoms with Crippen molar-refractivity contribution in [2.75, 3.05) is 13.2 Å². The van der Waals surface area contributed by atoms with Gasteiger partial charge in [0.1, 0.15) is 0 Å². The third kappa shape index (κ3) is 3.49. The van der Waals surface area contributed by atoms with Gasteiger partial charge >= 0.3 is 11.9 Å². The molecule has 0 aliphatic heterocycles. The molecule has 0 atom stereocenters. The molecule has 0 fully saturated rings. The van der Waals surface area contributed by atoms with Crippen LogP contribution in [0, 0.1) is 28.7 Å². The minimum atomic E-state index is -2.66. The SMILES string of the molecule is CCOC(=O)C(CC)(C(=O)OCC)C(=O)c1cc(F)c(F)c(F)c1F. The zero-order valence-electron chi connectivity index (χ0n) is 13.8. The number of ether oxygens (including phenoxy) is 2. The number of hydrogen-bond acceptors (Lipinski definition) is 5. The van der Waals surface area contributed by atoms with Crippen LogP contribution in [-0.4, -0.2) is 30.9 Å². The van der Waals surface area contributed by atoms with E-state index in [0.717, 1.165) is 0 Å². The fourth-order valence-electron chi connectivity index (χ4n) is 2.19. The van der Waals surface area contributed by atoms with Crippen LogP contribution in [0.2, 0.25) is 0 Å². The molecular formula is C16H16F4O5. The molecule has 9 heteroatoms. The average molecular weight is 364 g/mol. The third-order valence-electron chi connectivity index (χ3n) is 3.51. The molecule has 5 nitrogen and oxygen atoms in total. The topological polar surface area (TPSA) is 69.7 Å². The minimum Gasteiger partial charge on any atom is -0.465 e. The van der Waals surface area contributed by atoms with E-state index in [0.29, 0.717) is 0 Å². The standard InChI is InChI=1S/C16H16F4O5/c1-4-16(14(22)24-5-2,15(23)25-6-3)13(21)8-7-9(17)11(19)12(20)10(8)18/h7H,4-6H2,1-3H3. The molecular weight excluding hydrogens is 348 g/mol. The molecule has 138 valence electrons. The number of carbonyl (C=O) groups is 3. The van der Waals surface area contributed by atoms with Crippen LogP contribution in [0.3, 0.4) is 0 Å². The second kappa shape index (κ2) is 8.09. The Morgan fingerprint density at radius 1 is 0.880 bits per heavy atom. The van der Waals surface area contributed by atoms with Crippen LogP contribution in [0.25, 0.3) is 0 Å². The molecule has 0 aliphatic carbocycles. The average Bonchev–Trinajstić information content (AvgIpc) is 2.57. The maximum absolute atomic E-state index is 14.0. The molecule has 1 aromatic rings. The summed E-state index contributed by atoms with van der Waals surface area (Å²) in [4.78, 5) is 37.2. The van der Waals surface area contributed by atoms with Crippen molar-refractivity contribution < 1.29 is 41.4 Å². The third-order valence-corrected chi connectivity index (χ3v) is 3.51. The Morgan fingerprint density at radius 3 is 1.76 bits per heavy atom. The van der Waals surface area contributed by atoms with E-state index in [9.17, 15) is 31.9 Å². The van der Waals surface area contributed by atoms with Gasteiger partial charge in [-0.3, -0.25) is 14.4 Å². The second-order valence-electron chi connectivity index (χ2n) is 4.88. The fourth-order valence-corrected chi connectivity index (χ4v) is 2.19. The molecule has 0 heterocycles. The predicted octanol–water partition coefficient (Wildman–Crippen LogP) is 2.95. The van der Waals surface area contributed by atoms with Crippen molar-refractivity contribution >= 4 is 17.7 Å². The summed E-state index contributed by atoms with van der Waals surface area (Å²) in [7, 11) is 0. The number of halogens is 4. The monoisotopic (exact) mass is 364 g/mol. The van der Waals surface area contributed by atoms with Crippen molar-refractivity contribution in [1.82, 2.24) is 0 Å². The largest absolute Gasteiger partial charge is 0.465 e. The Labute approximate surface area is 140 Å². The van der Waals surface area contributed by atoms with Crippen molar-refractivity contribution in [3.8, 4) is 0 Å². The van der Waals surface area contributed by atoms with E-state index in [2.05, 4.69) is 9.47 Å².